The van der Waals surface area contributed by atoms with Crippen LogP contribution in [0, 0.1) is 11.7 Å². The molecule has 2 aromatic carbocycles. The fourth-order valence-corrected chi connectivity index (χ4v) is 10.1. The summed E-state index contributed by atoms with van der Waals surface area (Å²) in [7, 11) is 0. The standard InChI is InChI=1S/C42H48F4N10O5/c1-40(2)23-51(20-25-10-12-52(13-11-25)27-7-6-26-21-54(38(60)29(26)18-27)32-8-9-34(57)48-37(32)59)14-16-56(40)39(61)53-15-17-55-33-19-31(28-4-3-5-30(43)35(28)58)49-50-36(33)47-22-41(55,24-53)42(44,45)46/h3-7,18-19,25,32,58H,8-17,20-24H2,1-2H3,(H,47,50)(H,48,57,59)/t32-,41+/m1/s1. The van der Waals surface area contributed by atoms with Crippen LogP contribution in [-0.4, -0.2) is 147 Å². The van der Waals surface area contributed by atoms with Crippen molar-refractivity contribution in [3.8, 4) is 17.0 Å². The van der Waals surface area contributed by atoms with Gasteiger partial charge in [0.15, 0.2) is 22.9 Å². The second-order valence-electron chi connectivity index (χ2n) is 17.7. The number of anilines is 3. The maximum atomic E-state index is 15.3. The van der Waals surface area contributed by atoms with Gasteiger partial charge < -0.3 is 34.9 Å². The molecule has 0 aliphatic carbocycles. The lowest BCUT2D eigenvalue weighted by molar-refractivity contribution is -0.191. The second kappa shape index (κ2) is 15.0. The minimum Gasteiger partial charge on any atom is -0.504 e. The van der Waals surface area contributed by atoms with E-state index in [2.05, 4.69) is 30.6 Å². The third kappa shape index (κ3) is 7.13. The van der Waals surface area contributed by atoms with E-state index in [0.29, 0.717) is 44.1 Å². The van der Waals surface area contributed by atoms with Crippen molar-refractivity contribution in [3.63, 3.8) is 0 Å². The van der Waals surface area contributed by atoms with Gasteiger partial charge in [0.25, 0.3) is 5.91 Å². The van der Waals surface area contributed by atoms with Gasteiger partial charge in [-0.05, 0) is 74.9 Å². The molecule has 0 saturated carbocycles. The lowest BCUT2D eigenvalue weighted by Crippen LogP contribution is -2.75. The number of benzene rings is 2. The molecule has 324 valence electrons. The van der Waals surface area contributed by atoms with Crippen LogP contribution in [0.1, 0.15) is 55.5 Å². The summed E-state index contributed by atoms with van der Waals surface area (Å²) in [5.41, 5.74) is -0.631. The molecule has 0 bridgehead atoms. The molecule has 61 heavy (non-hydrogen) atoms. The van der Waals surface area contributed by atoms with Gasteiger partial charge in [0.05, 0.1) is 30.0 Å². The van der Waals surface area contributed by atoms with Crippen molar-refractivity contribution in [2.45, 2.75) is 69.4 Å². The number of hydrogen-bond donors (Lipinski definition) is 3. The van der Waals surface area contributed by atoms with Crippen LogP contribution >= 0.6 is 0 Å². The van der Waals surface area contributed by atoms with Gasteiger partial charge in [0.1, 0.15) is 6.04 Å². The highest BCUT2D eigenvalue weighted by Gasteiger charge is 2.63. The number of nitrogens with zero attached hydrogens (tertiary/aromatic N) is 8. The number of halogens is 4. The van der Waals surface area contributed by atoms with E-state index in [1.165, 1.54) is 28.0 Å². The molecule has 19 heteroatoms. The molecule has 6 aliphatic rings. The Kier molecular flexibility index (Phi) is 10.0. The van der Waals surface area contributed by atoms with Crippen molar-refractivity contribution in [3.05, 3.63) is 59.4 Å². The molecule has 0 radical (unpaired) electrons. The summed E-state index contributed by atoms with van der Waals surface area (Å²) in [6.45, 7) is 6.87. The first-order valence-electron chi connectivity index (χ1n) is 20.8. The Morgan fingerprint density at radius 3 is 2.46 bits per heavy atom. The van der Waals surface area contributed by atoms with Crippen molar-refractivity contribution >= 4 is 40.9 Å². The number of rotatable bonds is 5. The summed E-state index contributed by atoms with van der Waals surface area (Å²) in [5.74, 6) is -2.01. The van der Waals surface area contributed by atoms with Crippen molar-refractivity contribution < 1.29 is 41.8 Å². The predicted octanol–water partition coefficient (Wildman–Crippen LogP) is 4.03. The van der Waals surface area contributed by atoms with Crippen molar-refractivity contribution in [2.24, 2.45) is 5.92 Å². The van der Waals surface area contributed by atoms with Crippen molar-refractivity contribution in [1.29, 1.82) is 0 Å². The minimum absolute atomic E-state index is 0.00405. The first-order chi connectivity index (χ1) is 29.0. The van der Waals surface area contributed by atoms with E-state index in [4.69, 9.17) is 0 Å². The zero-order valence-electron chi connectivity index (χ0n) is 34.0. The van der Waals surface area contributed by atoms with Crippen LogP contribution in [0.25, 0.3) is 11.3 Å². The van der Waals surface area contributed by atoms with Gasteiger partial charge in [-0.15, -0.1) is 10.2 Å². The summed E-state index contributed by atoms with van der Waals surface area (Å²) < 4.78 is 60.0. The molecule has 9 rings (SSSR count). The van der Waals surface area contributed by atoms with E-state index in [1.807, 2.05) is 32.0 Å². The SMILES string of the molecule is CC1(C)CN(CC2CCN(c3ccc4c(c3)C(=O)N([C@@H]3CCC(=O)NC3=O)C4)CC2)CCN1C(=O)N1CCN2c3cc(-c4cccc(F)c4O)nnc3NC[C@@]2(C(F)(F)F)C1. The number of phenols is 1. The number of hydrogen-bond acceptors (Lipinski definition) is 11. The molecule has 2 atom stereocenters. The number of aromatic nitrogens is 2. The number of aromatic hydroxyl groups is 1. The highest BCUT2D eigenvalue weighted by atomic mass is 19.4. The Labute approximate surface area is 349 Å². The lowest BCUT2D eigenvalue weighted by Gasteiger charge is -2.56. The van der Waals surface area contributed by atoms with E-state index in [-0.39, 0.29) is 54.1 Å². The van der Waals surface area contributed by atoms with Crippen LogP contribution in [0.5, 0.6) is 5.75 Å². The van der Waals surface area contributed by atoms with Crippen LogP contribution in [0.3, 0.4) is 0 Å². The zero-order chi connectivity index (χ0) is 43.0. The average molecular weight is 849 g/mol. The molecule has 6 aliphatic heterocycles. The maximum Gasteiger partial charge on any atom is 0.415 e. The number of fused-ring (bicyclic) bond motifs is 4. The summed E-state index contributed by atoms with van der Waals surface area (Å²) in [6, 6.07) is 9.98. The topological polar surface area (TPSA) is 158 Å². The van der Waals surface area contributed by atoms with Gasteiger partial charge in [0.2, 0.25) is 11.8 Å². The van der Waals surface area contributed by atoms with E-state index in [1.54, 1.807) is 9.80 Å². The van der Waals surface area contributed by atoms with Crippen molar-refractivity contribution in [1.82, 2.24) is 35.1 Å². The molecule has 4 fully saturated rings. The lowest BCUT2D eigenvalue weighted by atomic mass is 9.89. The molecule has 7 heterocycles. The van der Waals surface area contributed by atoms with E-state index < -0.39 is 59.9 Å². The van der Waals surface area contributed by atoms with Crippen LogP contribution < -0.4 is 20.4 Å². The Balaban J connectivity index is 0.813. The number of carbonyl (C=O) groups is 4. The van der Waals surface area contributed by atoms with E-state index in [9.17, 15) is 28.7 Å². The Bertz CT molecular complexity index is 2290. The predicted molar refractivity (Wildman–Crippen MR) is 215 cm³/mol. The third-order valence-electron chi connectivity index (χ3n) is 13.5. The van der Waals surface area contributed by atoms with Gasteiger partial charge in [-0.1, -0.05) is 12.1 Å². The largest absolute Gasteiger partial charge is 0.504 e. The summed E-state index contributed by atoms with van der Waals surface area (Å²) in [6.07, 6.45) is -2.40. The minimum atomic E-state index is -4.76. The Hall–Kier alpha value is -5.72. The van der Waals surface area contributed by atoms with Crippen LogP contribution in [0.2, 0.25) is 0 Å². The highest BCUT2D eigenvalue weighted by Crippen LogP contribution is 2.47. The Morgan fingerprint density at radius 1 is 0.934 bits per heavy atom. The van der Waals surface area contributed by atoms with E-state index >= 15 is 13.2 Å². The summed E-state index contributed by atoms with van der Waals surface area (Å²) in [4.78, 5) is 62.1. The summed E-state index contributed by atoms with van der Waals surface area (Å²) >= 11 is 0. The number of urea groups is 1. The smallest absolute Gasteiger partial charge is 0.415 e. The number of piperazine rings is 2. The maximum absolute atomic E-state index is 15.3. The molecule has 3 aromatic rings. The molecule has 3 N–H and O–H groups in total. The van der Waals surface area contributed by atoms with Gasteiger partial charge in [-0.3, -0.25) is 24.6 Å². The molecule has 4 saturated heterocycles. The first-order valence-corrected chi connectivity index (χ1v) is 20.8. The monoisotopic (exact) mass is 848 g/mol. The van der Waals surface area contributed by atoms with Crippen LogP contribution in [0.4, 0.5) is 39.5 Å². The number of para-hydroxylation sites is 1. The number of phenolic OH excluding ortho intramolecular Hbond substituents is 1. The molecular formula is C42H48F4N10O5. The fourth-order valence-electron chi connectivity index (χ4n) is 10.1. The second-order valence-corrected chi connectivity index (χ2v) is 17.7. The summed E-state index contributed by atoms with van der Waals surface area (Å²) in [5, 5.41) is 23.6. The van der Waals surface area contributed by atoms with Gasteiger partial charge in [0, 0.05) is 82.1 Å². The Morgan fingerprint density at radius 2 is 1.72 bits per heavy atom. The highest BCUT2D eigenvalue weighted by molar-refractivity contribution is 6.05. The number of nitrogens with one attached hydrogen (secondary N) is 2. The average Bonchev–Trinajstić information content (AvgIpc) is 3.55. The number of piperidine rings is 2. The molecule has 5 amide bonds. The molecular weight excluding hydrogens is 801 g/mol. The van der Waals surface area contributed by atoms with Gasteiger partial charge in [-0.25, -0.2) is 9.18 Å². The number of imide groups is 1. The zero-order valence-corrected chi connectivity index (χ0v) is 34.0. The molecule has 0 unspecified atom stereocenters. The molecule has 15 nitrogen and oxygen atoms in total. The number of alkyl halides is 3. The van der Waals surface area contributed by atoms with Crippen LogP contribution in [-0.2, 0) is 16.1 Å². The third-order valence-corrected chi connectivity index (χ3v) is 13.5. The van der Waals surface area contributed by atoms with Gasteiger partial charge in [-0.2, -0.15) is 13.2 Å². The molecule has 0 spiro atoms. The van der Waals surface area contributed by atoms with Gasteiger partial charge >= 0.3 is 12.2 Å². The van der Waals surface area contributed by atoms with Crippen molar-refractivity contribution in [2.75, 3.05) is 80.6 Å². The molecule has 1 aromatic heterocycles. The van der Waals surface area contributed by atoms with E-state index in [0.717, 1.165) is 49.8 Å². The number of carbonyl (C=O) groups excluding carboxylic acids is 4. The normalized spacial score (nSPS) is 24.6. The van der Waals surface area contributed by atoms with Crippen LogP contribution in [0.15, 0.2) is 42.5 Å². The quantitative estimate of drug-likeness (QED) is 0.252. The number of amides is 5. The fraction of sp³-hybridized carbons (Fsp3) is 0.524. The first kappa shape index (κ1) is 40.7.